The second kappa shape index (κ2) is 6.55. The molecule has 0 saturated heterocycles. The number of nitrogens with two attached hydrogens (primary N) is 1. The first-order valence-electron chi connectivity index (χ1n) is 4.61. The highest BCUT2D eigenvalue weighted by atomic mass is 35.5. The first-order chi connectivity index (χ1) is 7.65. The Labute approximate surface area is 103 Å². The van der Waals surface area contributed by atoms with Gasteiger partial charge in [0, 0.05) is 16.3 Å². The molecule has 0 saturated carbocycles. The largest absolute Gasteiger partial charge is 0.379 e. The topological polar surface area (TPSA) is 38.4 Å². The van der Waals surface area contributed by atoms with Crippen molar-refractivity contribution in [2.45, 2.75) is 5.75 Å². The van der Waals surface area contributed by atoms with E-state index in [0.29, 0.717) is 28.1 Å². The van der Waals surface area contributed by atoms with Crippen LogP contribution in [0.15, 0.2) is 35.8 Å². The molecule has 0 heterocycles. The summed E-state index contributed by atoms with van der Waals surface area (Å²) in [5, 5.41) is 0.809. The van der Waals surface area contributed by atoms with E-state index < -0.39 is 0 Å². The summed E-state index contributed by atoms with van der Waals surface area (Å²) < 4.78 is 13.4. The van der Waals surface area contributed by atoms with Crippen LogP contribution in [-0.2, 0) is 5.75 Å². The Kier molecular flexibility index (Phi) is 5.35. The molecule has 2 N–H and O–H groups in total. The van der Waals surface area contributed by atoms with Gasteiger partial charge in [-0.1, -0.05) is 35.5 Å². The molecule has 16 heavy (non-hydrogen) atoms. The number of halogens is 2. The van der Waals surface area contributed by atoms with Gasteiger partial charge in [-0.15, -0.1) is 6.58 Å². The van der Waals surface area contributed by atoms with E-state index in [1.54, 1.807) is 18.2 Å². The number of rotatable bonds is 4. The van der Waals surface area contributed by atoms with Gasteiger partial charge in [-0.25, -0.2) is 4.39 Å². The number of amidine groups is 1. The molecule has 0 amide bonds. The Hall–Kier alpha value is -1.00. The maximum absolute atomic E-state index is 13.4. The second-order valence-electron chi connectivity index (χ2n) is 2.96. The summed E-state index contributed by atoms with van der Waals surface area (Å²) in [5.41, 5.74) is 6.06. The van der Waals surface area contributed by atoms with Crippen molar-refractivity contribution >= 4 is 28.5 Å². The third-order valence-corrected chi connectivity index (χ3v) is 3.01. The molecule has 0 aromatic heterocycles. The summed E-state index contributed by atoms with van der Waals surface area (Å²) in [6.45, 7) is 3.99. The fourth-order valence-corrected chi connectivity index (χ4v) is 2.08. The maximum atomic E-state index is 13.4. The third-order valence-electron chi connectivity index (χ3n) is 1.80. The molecule has 1 rings (SSSR count). The Bertz CT molecular complexity index is 387. The van der Waals surface area contributed by atoms with Gasteiger partial charge in [0.2, 0.25) is 0 Å². The van der Waals surface area contributed by atoms with E-state index in [0.717, 1.165) is 0 Å². The van der Waals surface area contributed by atoms with E-state index in [2.05, 4.69) is 11.6 Å². The van der Waals surface area contributed by atoms with Crippen LogP contribution in [0.1, 0.15) is 5.56 Å². The van der Waals surface area contributed by atoms with Gasteiger partial charge in [-0.2, -0.15) is 0 Å². The van der Waals surface area contributed by atoms with E-state index >= 15 is 0 Å². The molecule has 1 aromatic carbocycles. The van der Waals surface area contributed by atoms with Gasteiger partial charge in [0.15, 0.2) is 5.17 Å². The number of aliphatic imine (C=N–C) groups is 1. The molecule has 0 unspecified atom stereocenters. The van der Waals surface area contributed by atoms with Gasteiger partial charge in [-0.05, 0) is 12.1 Å². The first-order valence-corrected chi connectivity index (χ1v) is 5.98. The molecule has 0 aliphatic carbocycles. The van der Waals surface area contributed by atoms with Crippen molar-refractivity contribution in [3.05, 3.63) is 47.3 Å². The predicted molar refractivity (Wildman–Crippen MR) is 69.4 cm³/mol. The van der Waals surface area contributed by atoms with Crippen molar-refractivity contribution in [1.82, 2.24) is 0 Å². The zero-order valence-corrected chi connectivity index (χ0v) is 10.2. The fourth-order valence-electron chi connectivity index (χ4n) is 1.02. The first kappa shape index (κ1) is 13.1. The van der Waals surface area contributed by atoms with Crippen molar-refractivity contribution in [3.63, 3.8) is 0 Å². The Morgan fingerprint density at radius 3 is 3.00 bits per heavy atom. The normalized spacial score (nSPS) is 11.5. The van der Waals surface area contributed by atoms with E-state index in [4.69, 9.17) is 17.3 Å². The summed E-state index contributed by atoms with van der Waals surface area (Å²) in [4.78, 5) is 3.99. The number of benzene rings is 1. The van der Waals surface area contributed by atoms with Crippen LogP contribution in [-0.4, -0.2) is 11.7 Å². The zero-order chi connectivity index (χ0) is 12.0. The van der Waals surface area contributed by atoms with Crippen LogP contribution < -0.4 is 5.73 Å². The van der Waals surface area contributed by atoms with Gasteiger partial charge in [0.1, 0.15) is 5.82 Å². The Morgan fingerprint density at radius 1 is 1.62 bits per heavy atom. The molecule has 2 nitrogen and oxygen atoms in total. The van der Waals surface area contributed by atoms with Crippen molar-refractivity contribution in [3.8, 4) is 0 Å². The van der Waals surface area contributed by atoms with Gasteiger partial charge < -0.3 is 5.73 Å². The third kappa shape index (κ3) is 3.87. The lowest BCUT2D eigenvalue weighted by Gasteiger charge is -2.04. The summed E-state index contributed by atoms with van der Waals surface area (Å²) in [6, 6.07) is 4.59. The lowest BCUT2D eigenvalue weighted by Crippen LogP contribution is -2.07. The van der Waals surface area contributed by atoms with Crippen LogP contribution in [0.5, 0.6) is 0 Å². The number of nitrogens with zero attached hydrogens (tertiary/aromatic N) is 1. The number of hydrogen-bond acceptors (Lipinski definition) is 2. The van der Waals surface area contributed by atoms with Crippen molar-refractivity contribution in [1.29, 1.82) is 0 Å². The molecule has 0 spiro atoms. The molecule has 0 fully saturated rings. The highest BCUT2D eigenvalue weighted by Gasteiger charge is 2.07. The summed E-state index contributed by atoms with van der Waals surface area (Å²) in [5.74, 6) is 0.0503. The zero-order valence-electron chi connectivity index (χ0n) is 8.62. The average molecular weight is 259 g/mol. The Morgan fingerprint density at radius 2 is 2.38 bits per heavy atom. The minimum atomic E-state index is -0.323. The van der Waals surface area contributed by atoms with Crippen molar-refractivity contribution in [2.24, 2.45) is 10.7 Å². The van der Waals surface area contributed by atoms with Crippen molar-refractivity contribution in [2.75, 3.05) is 6.54 Å². The van der Waals surface area contributed by atoms with Gasteiger partial charge in [0.05, 0.1) is 6.54 Å². The summed E-state index contributed by atoms with van der Waals surface area (Å²) in [7, 11) is 0. The SMILES string of the molecule is C=CCN=C(N)SCc1c(F)cccc1Cl. The van der Waals surface area contributed by atoms with E-state index in [1.165, 1.54) is 17.8 Å². The molecule has 86 valence electrons. The molecular formula is C11H12ClFN2S. The predicted octanol–water partition coefficient (Wildman–Crippen LogP) is 3.21. The van der Waals surface area contributed by atoms with Crippen LogP contribution >= 0.6 is 23.4 Å². The van der Waals surface area contributed by atoms with Gasteiger partial charge in [0.25, 0.3) is 0 Å². The fraction of sp³-hybridized carbons (Fsp3) is 0.182. The molecule has 0 atom stereocenters. The molecule has 5 heteroatoms. The van der Waals surface area contributed by atoms with Crippen LogP contribution in [0.2, 0.25) is 5.02 Å². The second-order valence-corrected chi connectivity index (χ2v) is 4.36. The van der Waals surface area contributed by atoms with Crippen LogP contribution in [0.3, 0.4) is 0 Å². The minimum Gasteiger partial charge on any atom is -0.379 e. The van der Waals surface area contributed by atoms with Crippen LogP contribution in [0.4, 0.5) is 4.39 Å². The highest BCUT2D eigenvalue weighted by Crippen LogP contribution is 2.23. The van der Waals surface area contributed by atoms with E-state index in [9.17, 15) is 4.39 Å². The summed E-state index contributed by atoms with van der Waals surface area (Å²) in [6.07, 6.45) is 1.64. The number of hydrogen-bond donors (Lipinski definition) is 1. The van der Waals surface area contributed by atoms with Crippen molar-refractivity contribution < 1.29 is 4.39 Å². The lowest BCUT2D eigenvalue weighted by atomic mass is 10.2. The molecule has 0 radical (unpaired) electrons. The van der Waals surface area contributed by atoms with Gasteiger partial charge in [-0.3, -0.25) is 4.99 Å². The standard InChI is InChI=1S/C11H12ClFN2S/c1-2-6-15-11(14)16-7-8-9(12)4-3-5-10(8)13/h2-5H,1,6-7H2,(H2,14,15). The molecule has 0 aliphatic heterocycles. The molecule has 0 aliphatic rings. The van der Waals surface area contributed by atoms with E-state index in [1.807, 2.05) is 0 Å². The molecule has 1 aromatic rings. The Balaban J connectivity index is 2.64. The van der Waals surface area contributed by atoms with Crippen LogP contribution in [0, 0.1) is 5.82 Å². The van der Waals surface area contributed by atoms with Gasteiger partial charge >= 0.3 is 0 Å². The summed E-state index contributed by atoms with van der Waals surface area (Å²) >= 11 is 7.12. The highest BCUT2D eigenvalue weighted by molar-refractivity contribution is 8.13. The average Bonchev–Trinajstić information content (AvgIpc) is 2.25. The molecule has 0 bridgehead atoms. The number of thioether (sulfide) groups is 1. The smallest absolute Gasteiger partial charge is 0.154 e. The lowest BCUT2D eigenvalue weighted by molar-refractivity contribution is 0.617. The quantitative estimate of drug-likeness (QED) is 0.512. The van der Waals surface area contributed by atoms with Crippen LogP contribution in [0.25, 0.3) is 0 Å². The minimum absolute atomic E-state index is 0.323. The monoisotopic (exact) mass is 258 g/mol. The molecular weight excluding hydrogens is 247 g/mol. The maximum Gasteiger partial charge on any atom is 0.154 e. The van der Waals surface area contributed by atoms with E-state index in [-0.39, 0.29) is 5.82 Å².